The van der Waals surface area contributed by atoms with Crippen LogP contribution < -0.4 is 9.47 Å². The van der Waals surface area contributed by atoms with Crippen LogP contribution in [-0.4, -0.2) is 33.1 Å². The van der Waals surface area contributed by atoms with Crippen molar-refractivity contribution in [3.8, 4) is 28.6 Å². The van der Waals surface area contributed by atoms with Crippen molar-refractivity contribution in [3.05, 3.63) is 52.2 Å². The highest BCUT2D eigenvalue weighted by Gasteiger charge is 2.16. The molecule has 0 spiro atoms. The van der Waals surface area contributed by atoms with Gasteiger partial charge in [0.2, 0.25) is 5.88 Å². The van der Waals surface area contributed by atoms with Gasteiger partial charge in [-0.3, -0.25) is 0 Å². The van der Waals surface area contributed by atoms with Crippen molar-refractivity contribution in [1.82, 2.24) is 14.8 Å². The summed E-state index contributed by atoms with van der Waals surface area (Å²) in [7, 11) is 1.56. The van der Waals surface area contributed by atoms with Crippen LogP contribution in [0.3, 0.4) is 0 Å². The maximum absolute atomic E-state index is 10.8. The third-order valence-corrected chi connectivity index (χ3v) is 3.90. The molecule has 128 valence electrons. The molecule has 0 saturated carbocycles. The zero-order valence-corrected chi connectivity index (χ0v) is 15.2. The van der Waals surface area contributed by atoms with Gasteiger partial charge in [-0.25, -0.2) is 14.5 Å². The number of nitrogens with zero attached hydrogens (tertiary/aromatic N) is 3. The minimum atomic E-state index is -1.45. The van der Waals surface area contributed by atoms with Crippen molar-refractivity contribution in [2.24, 2.45) is 0 Å². The van der Waals surface area contributed by atoms with Gasteiger partial charge in [0.25, 0.3) is 0 Å². The molecule has 9 heteroatoms. The number of benzene rings is 1. The normalized spacial score (nSPS) is 10.5. The minimum absolute atomic E-state index is 0.0608. The van der Waals surface area contributed by atoms with Gasteiger partial charge in [0.15, 0.2) is 0 Å². The summed E-state index contributed by atoms with van der Waals surface area (Å²) in [6, 6.07) is 10.3. The van der Waals surface area contributed by atoms with E-state index in [9.17, 15) is 4.79 Å². The van der Waals surface area contributed by atoms with Gasteiger partial charge in [-0.2, -0.15) is 0 Å². The summed E-state index contributed by atoms with van der Waals surface area (Å²) < 4.78 is 12.3. The Morgan fingerprint density at radius 2 is 2.08 bits per heavy atom. The summed E-state index contributed by atoms with van der Waals surface area (Å²) in [6.07, 6.45) is 0.0818. The average Bonchev–Trinajstić information content (AvgIpc) is 2.97. The molecule has 1 aromatic carbocycles. The summed E-state index contributed by atoms with van der Waals surface area (Å²) >= 11 is 9.38. The summed E-state index contributed by atoms with van der Waals surface area (Å²) in [6.45, 7) is 0. The SMILES string of the molecule is COc1cc(Br)cc(-c2cc(OC(=O)O)nn2-c2ccnc(Cl)c2)c1. The van der Waals surface area contributed by atoms with Gasteiger partial charge in [0, 0.05) is 28.4 Å². The molecular formula is C16H11BrClN3O4. The first-order valence-electron chi connectivity index (χ1n) is 6.94. The van der Waals surface area contributed by atoms with E-state index in [1.54, 1.807) is 25.3 Å². The third kappa shape index (κ3) is 3.92. The van der Waals surface area contributed by atoms with E-state index in [4.69, 9.17) is 21.4 Å². The smallest absolute Gasteiger partial charge is 0.497 e. The molecule has 0 radical (unpaired) electrons. The van der Waals surface area contributed by atoms with Crippen molar-refractivity contribution in [1.29, 1.82) is 0 Å². The third-order valence-electron chi connectivity index (χ3n) is 3.24. The van der Waals surface area contributed by atoms with Crippen LogP contribution in [0.4, 0.5) is 4.79 Å². The second-order valence-corrected chi connectivity index (χ2v) is 6.17. The van der Waals surface area contributed by atoms with Gasteiger partial charge in [-0.1, -0.05) is 27.5 Å². The quantitative estimate of drug-likeness (QED) is 0.493. The molecule has 0 bridgehead atoms. The van der Waals surface area contributed by atoms with E-state index in [0.717, 1.165) is 10.0 Å². The predicted molar refractivity (Wildman–Crippen MR) is 94.7 cm³/mol. The Balaban J connectivity index is 2.19. The Morgan fingerprint density at radius 3 is 2.76 bits per heavy atom. The van der Waals surface area contributed by atoms with E-state index < -0.39 is 6.16 Å². The number of hydrogen-bond acceptors (Lipinski definition) is 5. The summed E-state index contributed by atoms with van der Waals surface area (Å²) in [4.78, 5) is 14.8. The Kier molecular flexibility index (Phi) is 4.91. The second kappa shape index (κ2) is 7.12. The largest absolute Gasteiger partial charge is 0.512 e. The van der Waals surface area contributed by atoms with Crippen molar-refractivity contribution in [2.45, 2.75) is 0 Å². The van der Waals surface area contributed by atoms with Crippen LogP contribution >= 0.6 is 27.5 Å². The first kappa shape index (κ1) is 17.2. The number of carbonyl (C=O) groups is 1. The number of rotatable bonds is 4. The lowest BCUT2D eigenvalue weighted by Crippen LogP contribution is -2.04. The molecule has 1 N–H and O–H groups in total. The fourth-order valence-corrected chi connectivity index (χ4v) is 2.89. The lowest BCUT2D eigenvalue weighted by molar-refractivity contribution is 0.142. The van der Waals surface area contributed by atoms with E-state index in [-0.39, 0.29) is 11.0 Å². The first-order valence-corrected chi connectivity index (χ1v) is 8.11. The summed E-state index contributed by atoms with van der Waals surface area (Å²) in [5.41, 5.74) is 1.94. The summed E-state index contributed by atoms with van der Waals surface area (Å²) in [5, 5.41) is 13.3. The number of pyridine rings is 1. The molecule has 25 heavy (non-hydrogen) atoms. The van der Waals surface area contributed by atoms with E-state index in [2.05, 4.69) is 30.7 Å². The highest BCUT2D eigenvalue weighted by Crippen LogP contribution is 2.32. The van der Waals surface area contributed by atoms with Gasteiger partial charge < -0.3 is 14.6 Å². The Morgan fingerprint density at radius 1 is 1.28 bits per heavy atom. The van der Waals surface area contributed by atoms with Crippen LogP contribution in [0.5, 0.6) is 11.6 Å². The van der Waals surface area contributed by atoms with Gasteiger partial charge in [0.05, 0.1) is 18.5 Å². The number of methoxy groups -OCH3 is 1. The number of aromatic nitrogens is 3. The standard InChI is InChI=1S/C16H11BrClN3O4/c1-24-12-5-9(4-10(17)6-12)13-8-15(25-16(22)23)20-21(13)11-2-3-19-14(18)7-11/h2-8H,1H3,(H,22,23). The van der Waals surface area contributed by atoms with E-state index in [1.165, 1.54) is 16.9 Å². The number of ether oxygens (including phenoxy) is 2. The summed E-state index contributed by atoms with van der Waals surface area (Å²) in [5.74, 6) is 0.569. The van der Waals surface area contributed by atoms with E-state index >= 15 is 0 Å². The first-order chi connectivity index (χ1) is 12.0. The maximum atomic E-state index is 10.8. The molecule has 0 aliphatic rings. The highest BCUT2D eigenvalue weighted by molar-refractivity contribution is 9.10. The van der Waals surface area contributed by atoms with Gasteiger partial charge in [-0.05, 0) is 24.3 Å². The highest BCUT2D eigenvalue weighted by atomic mass is 79.9. The molecule has 0 aliphatic carbocycles. The number of hydrogen-bond donors (Lipinski definition) is 1. The maximum Gasteiger partial charge on any atom is 0.512 e. The molecule has 3 aromatic rings. The predicted octanol–water partition coefficient (Wildman–Crippen LogP) is 4.42. The van der Waals surface area contributed by atoms with Crippen LogP contribution in [0.2, 0.25) is 5.15 Å². The van der Waals surface area contributed by atoms with Gasteiger partial charge >= 0.3 is 6.16 Å². The van der Waals surface area contributed by atoms with E-state index in [0.29, 0.717) is 17.1 Å². The van der Waals surface area contributed by atoms with Gasteiger partial charge in [-0.15, -0.1) is 5.10 Å². The number of carboxylic acid groups (broad SMARTS) is 1. The van der Waals surface area contributed by atoms with Crippen LogP contribution in [0.15, 0.2) is 47.1 Å². The average molecular weight is 425 g/mol. The minimum Gasteiger partial charge on any atom is -0.497 e. The zero-order chi connectivity index (χ0) is 18.0. The molecule has 2 heterocycles. The van der Waals surface area contributed by atoms with Crippen LogP contribution in [0.25, 0.3) is 16.9 Å². The van der Waals surface area contributed by atoms with Crippen LogP contribution in [-0.2, 0) is 0 Å². The number of halogens is 2. The molecule has 0 unspecified atom stereocenters. The van der Waals surface area contributed by atoms with Gasteiger partial charge in [0.1, 0.15) is 10.9 Å². The van der Waals surface area contributed by atoms with Crippen LogP contribution in [0, 0.1) is 0 Å². The molecule has 0 atom stereocenters. The molecule has 2 aromatic heterocycles. The monoisotopic (exact) mass is 423 g/mol. The molecular weight excluding hydrogens is 414 g/mol. The molecule has 0 saturated heterocycles. The molecule has 0 aliphatic heterocycles. The zero-order valence-electron chi connectivity index (χ0n) is 12.8. The second-order valence-electron chi connectivity index (χ2n) is 4.86. The fourth-order valence-electron chi connectivity index (χ4n) is 2.25. The lowest BCUT2D eigenvalue weighted by atomic mass is 10.1. The lowest BCUT2D eigenvalue weighted by Gasteiger charge is -2.09. The van der Waals surface area contributed by atoms with Crippen LogP contribution in [0.1, 0.15) is 0 Å². The Bertz CT molecular complexity index is 945. The fraction of sp³-hybridized carbons (Fsp3) is 0.0625. The van der Waals surface area contributed by atoms with Crippen molar-refractivity contribution >= 4 is 33.7 Å². The Hall–Kier alpha value is -2.58. The van der Waals surface area contributed by atoms with Crippen molar-refractivity contribution in [3.63, 3.8) is 0 Å². The van der Waals surface area contributed by atoms with Crippen molar-refractivity contribution < 1.29 is 19.4 Å². The molecule has 0 fully saturated rings. The molecule has 7 nitrogen and oxygen atoms in total. The molecule has 0 amide bonds. The topological polar surface area (TPSA) is 86.5 Å². The van der Waals surface area contributed by atoms with Crippen molar-refractivity contribution in [2.75, 3.05) is 7.11 Å². The molecule has 3 rings (SSSR count). The van der Waals surface area contributed by atoms with E-state index in [1.807, 2.05) is 12.1 Å². The Labute approximate surface area is 155 Å².